The molecule has 3 atom stereocenters. The molecular weight excluding hydrogens is 150 g/mol. The minimum absolute atomic E-state index is 0.237. The van der Waals surface area contributed by atoms with E-state index in [1.807, 2.05) is 0 Å². The van der Waals surface area contributed by atoms with Gasteiger partial charge in [0.05, 0.1) is 11.6 Å². The topological polar surface area (TPSA) is 24.6 Å². The van der Waals surface area contributed by atoms with Crippen molar-refractivity contribution >= 4 is 0 Å². The number of hydrogen-bond acceptors (Lipinski definition) is 2. The molecule has 2 aliphatic heterocycles. The van der Waals surface area contributed by atoms with Crippen LogP contribution >= 0.6 is 0 Å². The molecule has 1 saturated heterocycles. The summed E-state index contributed by atoms with van der Waals surface area (Å²) in [4.78, 5) is 0. The average Bonchev–Trinajstić information content (AvgIpc) is 2.87. The Balaban J connectivity index is 1.87. The Labute approximate surface area is 73.0 Å². The third kappa shape index (κ3) is 0.882. The standard InChI is InChI=1S/C10H15NO/c1-2-7-11-10(5-1)6-3-4-8-9(10)12-8/h1,5,8-9,11H,2-4,6-7H2/t8-,9-,10+/m0/s1. The van der Waals surface area contributed by atoms with Crippen molar-refractivity contribution in [2.45, 2.75) is 43.4 Å². The zero-order chi connectivity index (χ0) is 8.02. The van der Waals surface area contributed by atoms with Gasteiger partial charge in [-0.25, -0.2) is 0 Å². The summed E-state index contributed by atoms with van der Waals surface area (Å²) >= 11 is 0. The number of rotatable bonds is 0. The lowest BCUT2D eigenvalue weighted by Gasteiger charge is -2.35. The van der Waals surface area contributed by atoms with Gasteiger partial charge < -0.3 is 10.1 Å². The molecule has 0 amide bonds. The molecule has 2 heterocycles. The van der Waals surface area contributed by atoms with Crippen LogP contribution in [0.2, 0.25) is 0 Å². The van der Waals surface area contributed by atoms with Gasteiger partial charge in [0.1, 0.15) is 6.10 Å². The normalized spacial score (nSPS) is 50.7. The lowest BCUT2D eigenvalue weighted by atomic mass is 9.80. The molecule has 66 valence electrons. The molecule has 0 bridgehead atoms. The molecular formula is C10H15NO. The molecule has 2 fully saturated rings. The fraction of sp³-hybridized carbons (Fsp3) is 0.800. The third-order valence-electron chi connectivity index (χ3n) is 3.35. The predicted octanol–water partition coefficient (Wildman–Crippen LogP) is 1.23. The monoisotopic (exact) mass is 165 g/mol. The highest BCUT2D eigenvalue weighted by molar-refractivity contribution is 5.21. The number of fused-ring (bicyclic) bond motifs is 2. The number of nitrogens with one attached hydrogen (secondary N) is 1. The van der Waals surface area contributed by atoms with Crippen LogP contribution in [-0.4, -0.2) is 24.3 Å². The van der Waals surface area contributed by atoms with Gasteiger partial charge in [0.25, 0.3) is 0 Å². The molecule has 0 aromatic rings. The number of hydrogen-bond donors (Lipinski definition) is 1. The van der Waals surface area contributed by atoms with E-state index in [4.69, 9.17) is 4.74 Å². The van der Waals surface area contributed by atoms with E-state index in [-0.39, 0.29) is 5.54 Å². The fourth-order valence-electron chi connectivity index (χ4n) is 2.66. The molecule has 0 unspecified atom stereocenters. The first-order valence-electron chi connectivity index (χ1n) is 4.99. The Hall–Kier alpha value is -0.340. The maximum absolute atomic E-state index is 5.66. The van der Waals surface area contributed by atoms with Crippen molar-refractivity contribution in [3.63, 3.8) is 0 Å². The van der Waals surface area contributed by atoms with Crippen LogP contribution in [0.1, 0.15) is 25.7 Å². The molecule has 1 saturated carbocycles. The summed E-state index contributed by atoms with van der Waals surface area (Å²) in [5.74, 6) is 0. The SMILES string of the molecule is C1=C[C@]2(CCC[C@@H]3O[C@@H]32)NCC1. The Kier molecular flexibility index (Phi) is 1.38. The van der Waals surface area contributed by atoms with Gasteiger partial charge in [-0.3, -0.25) is 0 Å². The van der Waals surface area contributed by atoms with Crippen LogP contribution in [0, 0.1) is 0 Å². The van der Waals surface area contributed by atoms with Crippen molar-refractivity contribution in [3.05, 3.63) is 12.2 Å². The number of ether oxygens (including phenoxy) is 1. The summed E-state index contributed by atoms with van der Waals surface area (Å²) in [6, 6.07) is 0. The van der Waals surface area contributed by atoms with Gasteiger partial charge in [-0.1, -0.05) is 12.2 Å². The highest BCUT2D eigenvalue weighted by atomic mass is 16.6. The van der Waals surface area contributed by atoms with Crippen molar-refractivity contribution in [3.8, 4) is 0 Å². The van der Waals surface area contributed by atoms with Gasteiger partial charge in [-0.15, -0.1) is 0 Å². The van der Waals surface area contributed by atoms with Crippen LogP contribution in [0.25, 0.3) is 0 Å². The largest absolute Gasteiger partial charge is 0.367 e. The van der Waals surface area contributed by atoms with Crippen molar-refractivity contribution in [1.82, 2.24) is 5.32 Å². The molecule has 12 heavy (non-hydrogen) atoms. The average molecular weight is 165 g/mol. The first kappa shape index (κ1) is 7.10. The van der Waals surface area contributed by atoms with Gasteiger partial charge in [-0.05, 0) is 32.2 Å². The highest BCUT2D eigenvalue weighted by Gasteiger charge is 2.55. The van der Waals surface area contributed by atoms with Crippen LogP contribution in [-0.2, 0) is 4.74 Å². The van der Waals surface area contributed by atoms with E-state index < -0.39 is 0 Å². The van der Waals surface area contributed by atoms with Gasteiger partial charge in [0.15, 0.2) is 0 Å². The minimum atomic E-state index is 0.237. The summed E-state index contributed by atoms with van der Waals surface area (Å²) < 4.78 is 5.66. The first-order valence-corrected chi connectivity index (χ1v) is 4.99. The molecule has 1 spiro atoms. The second kappa shape index (κ2) is 2.33. The summed E-state index contributed by atoms with van der Waals surface area (Å²) in [6.45, 7) is 1.13. The van der Waals surface area contributed by atoms with Crippen LogP contribution < -0.4 is 5.32 Å². The van der Waals surface area contributed by atoms with E-state index in [2.05, 4.69) is 17.5 Å². The summed E-state index contributed by atoms with van der Waals surface area (Å²) in [6.07, 6.45) is 10.8. The maximum atomic E-state index is 5.66. The van der Waals surface area contributed by atoms with E-state index in [0.29, 0.717) is 12.2 Å². The van der Waals surface area contributed by atoms with Crippen molar-refractivity contribution in [2.24, 2.45) is 0 Å². The molecule has 0 aromatic carbocycles. The zero-order valence-corrected chi connectivity index (χ0v) is 7.25. The van der Waals surface area contributed by atoms with E-state index in [9.17, 15) is 0 Å². The Morgan fingerprint density at radius 2 is 2.50 bits per heavy atom. The van der Waals surface area contributed by atoms with Gasteiger partial charge >= 0.3 is 0 Å². The van der Waals surface area contributed by atoms with E-state index in [1.54, 1.807) is 0 Å². The molecule has 2 heteroatoms. The molecule has 2 nitrogen and oxygen atoms in total. The Morgan fingerprint density at radius 1 is 1.50 bits per heavy atom. The Bertz CT molecular complexity index is 226. The summed E-state index contributed by atoms with van der Waals surface area (Å²) in [5.41, 5.74) is 0.237. The summed E-state index contributed by atoms with van der Waals surface area (Å²) in [5, 5.41) is 3.61. The molecule has 0 radical (unpaired) electrons. The van der Waals surface area contributed by atoms with Crippen LogP contribution in [0.15, 0.2) is 12.2 Å². The van der Waals surface area contributed by atoms with Crippen LogP contribution in [0.4, 0.5) is 0 Å². The summed E-state index contributed by atoms with van der Waals surface area (Å²) in [7, 11) is 0. The van der Waals surface area contributed by atoms with Gasteiger partial charge in [0, 0.05) is 0 Å². The van der Waals surface area contributed by atoms with Crippen LogP contribution in [0.5, 0.6) is 0 Å². The maximum Gasteiger partial charge on any atom is 0.106 e. The molecule has 3 rings (SSSR count). The second-order valence-corrected chi connectivity index (χ2v) is 4.15. The lowest BCUT2D eigenvalue weighted by molar-refractivity contribution is 0.266. The molecule has 1 aliphatic carbocycles. The van der Waals surface area contributed by atoms with E-state index in [0.717, 1.165) is 6.54 Å². The lowest BCUT2D eigenvalue weighted by Crippen LogP contribution is -2.52. The fourth-order valence-corrected chi connectivity index (χ4v) is 2.66. The highest BCUT2D eigenvalue weighted by Crippen LogP contribution is 2.44. The van der Waals surface area contributed by atoms with Gasteiger partial charge in [0.2, 0.25) is 0 Å². The van der Waals surface area contributed by atoms with Crippen molar-refractivity contribution < 1.29 is 4.74 Å². The third-order valence-corrected chi connectivity index (χ3v) is 3.35. The second-order valence-electron chi connectivity index (χ2n) is 4.15. The van der Waals surface area contributed by atoms with Crippen LogP contribution in [0.3, 0.4) is 0 Å². The molecule has 3 aliphatic rings. The molecule has 0 aromatic heterocycles. The molecule has 1 N–H and O–H groups in total. The predicted molar refractivity (Wildman–Crippen MR) is 47.0 cm³/mol. The Morgan fingerprint density at radius 3 is 3.33 bits per heavy atom. The zero-order valence-electron chi connectivity index (χ0n) is 7.25. The smallest absolute Gasteiger partial charge is 0.106 e. The first-order chi connectivity index (χ1) is 5.91. The van der Waals surface area contributed by atoms with Crippen molar-refractivity contribution in [2.75, 3.05) is 6.54 Å². The quantitative estimate of drug-likeness (QED) is 0.431. The van der Waals surface area contributed by atoms with Crippen molar-refractivity contribution in [1.29, 1.82) is 0 Å². The number of epoxide rings is 1. The van der Waals surface area contributed by atoms with Gasteiger partial charge in [-0.2, -0.15) is 0 Å². The van der Waals surface area contributed by atoms with E-state index in [1.165, 1.54) is 25.7 Å². The van der Waals surface area contributed by atoms with E-state index >= 15 is 0 Å². The minimum Gasteiger partial charge on any atom is -0.367 e.